The first-order valence-electron chi connectivity index (χ1n) is 0.943. The minimum atomic E-state index is 0.806. The molecule has 0 heterocycles. The summed E-state index contributed by atoms with van der Waals surface area (Å²) in [5, 5.41) is 0. The molecule has 0 fully saturated rings. The van der Waals surface area contributed by atoms with Crippen molar-refractivity contribution in [2.45, 2.75) is 0 Å². The van der Waals surface area contributed by atoms with Gasteiger partial charge in [0, 0.05) is 0 Å². The first-order chi connectivity index (χ1) is 2.41. The van der Waals surface area contributed by atoms with E-state index in [0.717, 1.165) is 7.69 Å². The minimum Gasteiger partial charge on any atom is -0.486 e. The summed E-state index contributed by atoms with van der Waals surface area (Å²) in [5.74, 6) is 0. The Hall–Kier alpha value is 0.115. The Labute approximate surface area is 34.0 Å². The molecule has 0 aliphatic rings. The van der Waals surface area contributed by atoms with Crippen LogP contribution in [0.2, 0.25) is 0 Å². The average molecular weight is 64.4 g/mol. The van der Waals surface area contributed by atoms with Crippen molar-refractivity contribution in [1.29, 1.82) is 0 Å². The quantitative estimate of drug-likeness (QED) is 0.373. The molecule has 0 aliphatic heterocycles. The van der Waals surface area contributed by atoms with E-state index >= 15 is 0 Å². The lowest BCUT2D eigenvalue weighted by Crippen LogP contribution is -1.96. The lowest BCUT2D eigenvalue weighted by atomic mass is 10.3. The molecule has 0 bridgehead atoms. The number of hydrogen-bond acceptors (Lipinski definition) is 2. The van der Waals surface area contributed by atoms with Gasteiger partial charge in [-0.2, -0.15) is 0 Å². The third-order valence-electron chi connectivity index (χ3n) is 0.111. The van der Waals surface area contributed by atoms with Gasteiger partial charge < -0.3 is 9.14 Å². The molecule has 5 radical (unpaired) electrons. The summed E-state index contributed by atoms with van der Waals surface area (Å²) in [7, 11) is 9.56. The lowest BCUT2D eigenvalue weighted by Gasteiger charge is -1.84. The van der Waals surface area contributed by atoms with Gasteiger partial charge in [0.15, 0.2) is 0 Å². The van der Waals surface area contributed by atoms with Gasteiger partial charge in [-0.25, -0.2) is 0 Å². The van der Waals surface area contributed by atoms with E-state index in [1.807, 2.05) is 0 Å². The Balaban J connectivity index is 2.19. The lowest BCUT2D eigenvalue weighted by molar-refractivity contribution is 0.513. The number of rotatable bonds is 2. The highest BCUT2D eigenvalue weighted by molar-refractivity contribution is 6.33. The van der Waals surface area contributed by atoms with E-state index in [2.05, 4.69) is 25.2 Å². The zero-order chi connectivity index (χ0) is 4.12. The Kier molecular flexibility index (Phi) is 4.21. The summed E-state index contributed by atoms with van der Waals surface area (Å²) in [6.07, 6.45) is 0. The van der Waals surface area contributed by atoms with Crippen molar-refractivity contribution >= 4 is 23.8 Å². The first kappa shape index (κ1) is 5.11. The molecule has 5 heavy (non-hydrogen) atoms. The van der Waals surface area contributed by atoms with Crippen LogP contribution in [0.25, 0.3) is 0 Å². The monoisotopic (exact) mass is 65.0 g/mol. The SMILES string of the molecule is [B]O[B]O[B]. The molecule has 0 saturated carbocycles. The fourth-order valence-electron chi connectivity index (χ4n) is 0.0321. The molecule has 0 aliphatic carbocycles. The fraction of sp³-hybridized carbons (Fsp3) is 0. The normalized spacial score (nSPS) is 7.20. The van der Waals surface area contributed by atoms with Gasteiger partial charge in [0.1, 0.15) is 0 Å². The smallest absolute Gasteiger partial charge is 0.453 e. The van der Waals surface area contributed by atoms with Gasteiger partial charge in [0.25, 0.3) is 16.1 Å². The molecule has 0 rings (SSSR count). The van der Waals surface area contributed by atoms with Crippen LogP contribution < -0.4 is 0 Å². The average Bonchev–Trinajstić information content (AvgIpc) is 1.41. The van der Waals surface area contributed by atoms with Crippen LogP contribution in [0, 0.1) is 0 Å². The molecule has 0 N–H and O–H groups in total. The third-order valence-corrected chi connectivity index (χ3v) is 0.111. The van der Waals surface area contributed by atoms with Crippen LogP contribution >= 0.6 is 0 Å². The molecule has 2 nitrogen and oxygen atoms in total. The maximum absolute atomic E-state index is 4.38. The van der Waals surface area contributed by atoms with Crippen molar-refractivity contribution in [3.05, 3.63) is 0 Å². The van der Waals surface area contributed by atoms with Crippen molar-refractivity contribution in [2.75, 3.05) is 0 Å². The van der Waals surface area contributed by atoms with E-state index in [-0.39, 0.29) is 0 Å². The van der Waals surface area contributed by atoms with E-state index in [1.165, 1.54) is 0 Å². The van der Waals surface area contributed by atoms with Crippen LogP contribution in [0.1, 0.15) is 0 Å². The summed E-state index contributed by atoms with van der Waals surface area (Å²) in [5.41, 5.74) is 0. The van der Waals surface area contributed by atoms with Crippen LogP contribution in [0.15, 0.2) is 0 Å². The molecular formula is B3O2. The van der Waals surface area contributed by atoms with Crippen molar-refractivity contribution < 1.29 is 9.14 Å². The van der Waals surface area contributed by atoms with E-state index in [1.54, 1.807) is 0 Å². The highest BCUT2D eigenvalue weighted by atomic mass is 16.5. The molecular weight excluding hydrogens is 64.4 g/mol. The molecule has 0 aromatic heterocycles. The van der Waals surface area contributed by atoms with Crippen molar-refractivity contribution in [2.24, 2.45) is 0 Å². The van der Waals surface area contributed by atoms with E-state index in [4.69, 9.17) is 0 Å². The Morgan fingerprint density at radius 3 is 1.60 bits per heavy atom. The van der Waals surface area contributed by atoms with Gasteiger partial charge in [0.2, 0.25) is 0 Å². The predicted octanol–water partition coefficient (Wildman–Crippen LogP) is -1.28. The largest absolute Gasteiger partial charge is 0.486 e. The summed E-state index contributed by atoms with van der Waals surface area (Å²) < 4.78 is 7.44. The zero-order valence-corrected chi connectivity index (χ0v) is 2.55. The van der Waals surface area contributed by atoms with Crippen LogP contribution in [0.3, 0.4) is 0 Å². The van der Waals surface area contributed by atoms with E-state index < -0.39 is 0 Å². The van der Waals surface area contributed by atoms with Crippen LogP contribution in [-0.4, -0.2) is 23.8 Å². The van der Waals surface area contributed by atoms with E-state index in [9.17, 15) is 0 Å². The summed E-state index contributed by atoms with van der Waals surface area (Å²) in [6.45, 7) is 0. The first-order valence-corrected chi connectivity index (χ1v) is 0.943. The van der Waals surface area contributed by atoms with Gasteiger partial charge in [-0.15, -0.1) is 0 Å². The maximum atomic E-state index is 4.38. The van der Waals surface area contributed by atoms with Gasteiger partial charge in [-0.05, 0) is 0 Å². The second kappa shape index (κ2) is 4.11. The minimum absolute atomic E-state index is 0.806. The molecule has 0 spiro atoms. The van der Waals surface area contributed by atoms with Gasteiger partial charge in [-0.1, -0.05) is 0 Å². The Morgan fingerprint density at radius 2 is 1.60 bits per heavy atom. The fourth-order valence-corrected chi connectivity index (χ4v) is 0.0321. The summed E-state index contributed by atoms with van der Waals surface area (Å²) in [4.78, 5) is 0. The summed E-state index contributed by atoms with van der Waals surface area (Å²) >= 11 is 0. The van der Waals surface area contributed by atoms with Crippen molar-refractivity contribution in [3.8, 4) is 0 Å². The topological polar surface area (TPSA) is 18.5 Å². The molecule has 0 saturated heterocycles. The molecule has 0 atom stereocenters. The Bertz CT molecular complexity index is 12.4. The second-order valence-electron chi connectivity index (χ2n) is 0.368. The van der Waals surface area contributed by atoms with E-state index in [0.29, 0.717) is 0 Å². The van der Waals surface area contributed by atoms with Gasteiger partial charge in [0.05, 0.1) is 0 Å². The maximum Gasteiger partial charge on any atom is 0.453 e. The second-order valence-corrected chi connectivity index (χ2v) is 0.368. The van der Waals surface area contributed by atoms with Crippen molar-refractivity contribution in [1.82, 2.24) is 0 Å². The highest BCUT2D eigenvalue weighted by Gasteiger charge is 1.74. The molecule has 0 unspecified atom stereocenters. The Morgan fingerprint density at radius 1 is 1.20 bits per heavy atom. The standard InChI is InChI=1S/B3O2/c1-4-3-5-2. The number of hydrogen-bond donors (Lipinski definition) is 0. The van der Waals surface area contributed by atoms with Crippen molar-refractivity contribution in [3.63, 3.8) is 0 Å². The third kappa shape index (κ3) is 4.11. The van der Waals surface area contributed by atoms with Crippen LogP contribution in [0.5, 0.6) is 0 Å². The predicted molar refractivity (Wildman–Crippen MR) is 19.4 cm³/mol. The van der Waals surface area contributed by atoms with Crippen LogP contribution in [-0.2, 0) is 9.14 Å². The van der Waals surface area contributed by atoms with Gasteiger partial charge in [-0.3, -0.25) is 0 Å². The molecule has 5 heteroatoms. The molecule has 0 aromatic carbocycles. The zero-order valence-electron chi connectivity index (χ0n) is 2.55. The van der Waals surface area contributed by atoms with Gasteiger partial charge >= 0.3 is 7.69 Å². The molecule has 0 aromatic rings. The molecule has 21 valence electrons. The molecule has 0 amide bonds. The highest BCUT2D eigenvalue weighted by Crippen LogP contribution is 1.52. The summed E-state index contributed by atoms with van der Waals surface area (Å²) in [6, 6.07) is 0. The van der Waals surface area contributed by atoms with Crippen LogP contribution in [0.4, 0.5) is 0 Å².